The Morgan fingerprint density at radius 1 is 1.14 bits per heavy atom. The zero-order valence-corrected chi connectivity index (χ0v) is 15.0. The molecule has 0 N–H and O–H groups in total. The average molecular weight is 358 g/mol. The Morgan fingerprint density at radius 2 is 1.91 bits per heavy atom. The molecule has 0 radical (unpaired) electrons. The molecule has 0 saturated carbocycles. The summed E-state index contributed by atoms with van der Waals surface area (Å²) in [5.74, 6) is 0.652. The van der Waals surface area contributed by atoms with Crippen LogP contribution in [-0.4, -0.2) is 18.0 Å². The molecule has 2 aromatic carbocycles. The summed E-state index contributed by atoms with van der Waals surface area (Å²) in [5.41, 5.74) is 3.16. The van der Waals surface area contributed by atoms with Gasteiger partial charge in [-0.3, -0.25) is 4.90 Å². The molecule has 1 aliphatic rings. The molecule has 0 aliphatic carbocycles. The van der Waals surface area contributed by atoms with Crippen LogP contribution in [0.15, 0.2) is 59.1 Å². The molecule has 2 aromatic rings. The molecule has 2 unspecified atom stereocenters. The van der Waals surface area contributed by atoms with E-state index in [1.165, 1.54) is 28.6 Å². The van der Waals surface area contributed by atoms with Gasteiger partial charge < -0.3 is 0 Å². The highest BCUT2D eigenvalue weighted by atomic mass is 79.9. The van der Waals surface area contributed by atoms with Gasteiger partial charge >= 0.3 is 0 Å². The lowest BCUT2D eigenvalue weighted by molar-refractivity contribution is 0.105. The average Bonchev–Trinajstić information content (AvgIpc) is 2.52. The SMILES string of the molecule is CC1CN(Cc2ccccc2)CCC1(C)c1cccc(Br)c1. The molecular weight excluding hydrogens is 334 g/mol. The Hall–Kier alpha value is -1.12. The number of piperidine rings is 1. The van der Waals surface area contributed by atoms with Crippen LogP contribution in [0.5, 0.6) is 0 Å². The summed E-state index contributed by atoms with van der Waals surface area (Å²) in [4.78, 5) is 2.60. The maximum Gasteiger partial charge on any atom is 0.0233 e. The Bertz CT molecular complexity index is 625. The first kappa shape index (κ1) is 15.8. The third kappa shape index (κ3) is 3.28. The van der Waals surface area contributed by atoms with Crippen LogP contribution in [0.2, 0.25) is 0 Å². The second-order valence-corrected chi connectivity index (χ2v) is 7.72. The van der Waals surface area contributed by atoms with Crippen LogP contribution >= 0.6 is 15.9 Å². The lowest BCUT2D eigenvalue weighted by atomic mass is 9.68. The molecule has 22 heavy (non-hydrogen) atoms. The van der Waals surface area contributed by atoms with Crippen molar-refractivity contribution in [3.63, 3.8) is 0 Å². The first-order chi connectivity index (χ1) is 10.6. The van der Waals surface area contributed by atoms with Gasteiger partial charge in [-0.1, -0.05) is 72.2 Å². The molecule has 2 heteroatoms. The van der Waals surface area contributed by atoms with Crippen LogP contribution < -0.4 is 0 Å². The lowest BCUT2D eigenvalue weighted by Gasteiger charge is -2.45. The summed E-state index contributed by atoms with van der Waals surface area (Å²) >= 11 is 3.62. The molecule has 0 bridgehead atoms. The van der Waals surface area contributed by atoms with Crippen molar-refractivity contribution in [2.45, 2.75) is 32.2 Å². The second-order valence-electron chi connectivity index (χ2n) is 6.80. The van der Waals surface area contributed by atoms with Crippen molar-refractivity contribution in [3.05, 3.63) is 70.2 Å². The topological polar surface area (TPSA) is 3.24 Å². The third-order valence-electron chi connectivity index (χ3n) is 5.30. The van der Waals surface area contributed by atoms with Crippen molar-refractivity contribution in [2.75, 3.05) is 13.1 Å². The van der Waals surface area contributed by atoms with Gasteiger partial charge in [-0.05, 0) is 47.6 Å². The lowest BCUT2D eigenvalue weighted by Crippen LogP contribution is -2.46. The van der Waals surface area contributed by atoms with Crippen molar-refractivity contribution in [3.8, 4) is 0 Å². The van der Waals surface area contributed by atoms with Gasteiger partial charge in [0.25, 0.3) is 0 Å². The second kappa shape index (κ2) is 6.55. The van der Waals surface area contributed by atoms with Crippen molar-refractivity contribution in [1.29, 1.82) is 0 Å². The minimum absolute atomic E-state index is 0.275. The minimum Gasteiger partial charge on any atom is -0.299 e. The maximum absolute atomic E-state index is 3.62. The number of hydrogen-bond donors (Lipinski definition) is 0. The summed E-state index contributed by atoms with van der Waals surface area (Å²) in [6.07, 6.45) is 1.22. The molecule has 0 spiro atoms. The predicted molar refractivity (Wildman–Crippen MR) is 97.0 cm³/mol. The highest BCUT2D eigenvalue weighted by Crippen LogP contribution is 2.40. The van der Waals surface area contributed by atoms with Crippen LogP contribution in [-0.2, 0) is 12.0 Å². The van der Waals surface area contributed by atoms with E-state index in [9.17, 15) is 0 Å². The van der Waals surface area contributed by atoms with Crippen molar-refractivity contribution in [2.24, 2.45) is 5.92 Å². The Kier molecular flexibility index (Phi) is 4.70. The number of halogens is 1. The van der Waals surface area contributed by atoms with E-state index in [1.54, 1.807) is 0 Å². The Labute approximate surface area is 142 Å². The van der Waals surface area contributed by atoms with E-state index in [-0.39, 0.29) is 5.41 Å². The predicted octanol–water partition coefficient (Wildman–Crippen LogP) is 5.25. The molecule has 1 heterocycles. The van der Waals surface area contributed by atoms with E-state index < -0.39 is 0 Å². The maximum atomic E-state index is 3.62. The monoisotopic (exact) mass is 357 g/mol. The Balaban J connectivity index is 1.72. The molecule has 1 nitrogen and oxygen atoms in total. The molecule has 0 aromatic heterocycles. The van der Waals surface area contributed by atoms with Gasteiger partial charge in [-0.25, -0.2) is 0 Å². The molecule has 1 aliphatic heterocycles. The van der Waals surface area contributed by atoms with E-state index in [0.717, 1.165) is 13.1 Å². The van der Waals surface area contributed by atoms with Crippen LogP contribution in [0.1, 0.15) is 31.4 Å². The summed E-state index contributed by atoms with van der Waals surface area (Å²) in [7, 11) is 0. The number of hydrogen-bond acceptors (Lipinski definition) is 1. The highest BCUT2D eigenvalue weighted by molar-refractivity contribution is 9.10. The van der Waals surface area contributed by atoms with Crippen LogP contribution in [0.4, 0.5) is 0 Å². The largest absolute Gasteiger partial charge is 0.299 e. The molecule has 1 saturated heterocycles. The van der Waals surface area contributed by atoms with E-state index in [2.05, 4.69) is 89.3 Å². The third-order valence-corrected chi connectivity index (χ3v) is 5.79. The smallest absolute Gasteiger partial charge is 0.0233 e. The molecule has 116 valence electrons. The van der Waals surface area contributed by atoms with Crippen LogP contribution in [0, 0.1) is 5.92 Å². The fourth-order valence-corrected chi connectivity index (χ4v) is 3.97. The van der Waals surface area contributed by atoms with Gasteiger partial charge in [0, 0.05) is 17.6 Å². The van der Waals surface area contributed by atoms with Gasteiger partial charge in [-0.2, -0.15) is 0 Å². The zero-order chi connectivity index (χ0) is 15.6. The van der Waals surface area contributed by atoms with E-state index in [1.807, 2.05) is 0 Å². The molecule has 2 atom stereocenters. The van der Waals surface area contributed by atoms with Gasteiger partial charge in [-0.15, -0.1) is 0 Å². The summed E-state index contributed by atoms with van der Waals surface area (Å²) < 4.78 is 1.19. The standard InChI is InChI=1S/C20H24BrN/c1-16-14-22(15-17-7-4-3-5-8-17)12-11-20(16,2)18-9-6-10-19(21)13-18/h3-10,13,16H,11-12,14-15H2,1-2H3. The van der Waals surface area contributed by atoms with Gasteiger partial charge in [0.1, 0.15) is 0 Å². The van der Waals surface area contributed by atoms with Crippen LogP contribution in [0.3, 0.4) is 0 Å². The van der Waals surface area contributed by atoms with Crippen molar-refractivity contribution >= 4 is 15.9 Å². The van der Waals surface area contributed by atoms with Gasteiger partial charge in [0.05, 0.1) is 0 Å². The van der Waals surface area contributed by atoms with E-state index in [4.69, 9.17) is 0 Å². The van der Waals surface area contributed by atoms with E-state index in [0.29, 0.717) is 5.92 Å². The summed E-state index contributed by atoms with van der Waals surface area (Å²) in [5, 5.41) is 0. The normalized spacial score (nSPS) is 26.0. The van der Waals surface area contributed by atoms with Crippen LogP contribution in [0.25, 0.3) is 0 Å². The first-order valence-electron chi connectivity index (χ1n) is 8.10. The number of likely N-dealkylation sites (tertiary alicyclic amines) is 1. The number of rotatable bonds is 3. The fourth-order valence-electron chi connectivity index (χ4n) is 3.57. The molecule has 1 fully saturated rings. The molecule has 3 rings (SSSR count). The van der Waals surface area contributed by atoms with Gasteiger partial charge in [0.15, 0.2) is 0 Å². The zero-order valence-electron chi connectivity index (χ0n) is 13.4. The number of benzene rings is 2. The van der Waals surface area contributed by atoms with Crippen molar-refractivity contribution < 1.29 is 0 Å². The molecule has 0 amide bonds. The minimum atomic E-state index is 0.275. The Morgan fingerprint density at radius 3 is 2.59 bits per heavy atom. The first-order valence-corrected chi connectivity index (χ1v) is 8.89. The number of nitrogens with zero attached hydrogens (tertiary/aromatic N) is 1. The molecular formula is C20H24BrN. The van der Waals surface area contributed by atoms with E-state index >= 15 is 0 Å². The summed E-state index contributed by atoms with van der Waals surface area (Å²) in [6.45, 7) is 8.23. The quantitative estimate of drug-likeness (QED) is 0.724. The highest BCUT2D eigenvalue weighted by Gasteiger charge is 2.37. The van der Waals surface area contributed by atoms with Crippen molar-refractivity contribution in [1.82, 2.24) is 4.90 Å². The summed E-state index contributed by atoms with van der Waals surface area (Å²) in [6, 6.07) is 19.7. The van der Waals surface area contributed by atoms with Gasteiger partial charge in [0.2, 0.25) is 0 Å². The fraction of sp³-hybridized carbons (Fsp3) is 0.400.